The van der Waals surface area contributed by atoms with Gasteiger partial charge in [-0.15, -0.1) is 0 Å². The van der Waals surface area contributed by atoms with Gasteiger partial charge in [-0.05, 0) is 18.6 Å². The number of hydrogen-bond donors (Lipinski definition) is 3. The van der Waals surface area contributed by atoms with Gasteiger partial charge in [0.1, 0.15) is 5.69 Å². The second-order valence-corrected chi connectivity index (χ2v) is 3.92. The van der Waals surface area contributed by atoms with Crippen LogP contribution in [-0.4, -0.2) is 40.8 Å². The Morgan fingerprint density at radius 1 is 1.50 bits per heavy atom. The number of hydrogen-bond acceptors (Lipinski definition) is 5. The largest absolute Gasteiger partial charge is 0.409 e. The summed E-state index contributed by atoms with van der Waals surface area (Å²) in [6.07, 6.45) is 3.65. The first-order valence-electron chi connectivity index (χ1n) is 6.03. The summed E-state index contributed by atoms with van der Waals surface area (Å²) in [5.41, 5.74) is 6.81. The van der Waals surface area contributed by atoms with E-state index in [2.05, 4.69) is 17.1 Å². The van der Waals surface area contributed by atoms with Crippen molar-refractivity contribution >= 4 is 11.5 Å². The molecule has 0 aliphatic rings. The molecule has 0 radical (unpaired) electrons. The summed E-state index contributed by atoms with van der Waals surface area (Å²) in [7, 11) is 0. The first-order chi connectivity index (χ1) is 8.74. The van der Waals surface area contributed by atoms with Gasteiger partial charge in [-0.2, -0.15) is 0 Å². The molecule has 4 N–H and O–H groups in total. The Morgan fingerprint density at radius 3 is 2.89 bits per heavy atom. The van der Waals surface area contributed by atoms with Gasteiger partial charge in [0.05, 0.1) is 12.3 Å². The lowest BCUT2D eigenvalue weighted by Gasteiger charge is -2.25. The van der Waals surface area contributed by atoms with E-state index in [0.717, 1.165) is 25.1 Å². The second-order valence-electron chi connectivity index (χ2n) is 3.92. The third-order valence-corrected chi connectivity index (χ3v) is 2.63. The van der Waals surface area contributed by atoms with Gasteiger partial charge in [0.15, 0.2) is 5.84 Å². The lowest BCUT2D eigenvalue weighted by molar-refractivity contribution is 0.301. The smallest absolute Gasteiger partial charge is 0.190 e. The molecular weight excluding hydrogens is 232 g/mol. The molecule has 0 spiro atoms. The van der Waals surface area contributed by atoms with Gasteiger partial charge in [0, 0.05) is 19.3 Å². The van der Waals surface area contributed by atoms with Crippen LogP contribution in [0, 0.1) is 0 Å². The van der Waals surface area contributed by atoms with Crippen LogP contribution in [0.15, 0.2) is 23.5 Å². The minimum Gasteiger partial charge on any atom is -0.409 e. The number of anilines is 1. The molecule has 100 valence electrons. The van der Waals surface area contributed by atoms with Gasteiger partial charge in [-0.25, -0.2) is 0 Å². The maximum absolute atomic E-state index is 9.11. The molecule has 0 aromatic carbocycles. The highest BCUT2D eigenvalue weighted by Crippen LogP contribution is 2.18. The van der Waals surface area contributed by atoms with E-state index in [4.69, 9.17) is 16.0 Å². The number of oxime groups is 1. The predicted molar refractivity (Wildman–Crippen MR) is 71.0 cm³/mol. The van der Waals surface area contributed by atoms with Gasteiger partial charge in [0.2, 0.25) is 0 Å². The fraction of sp³-hybridized carbons (Fsp3) is 0.500. The van der Waals surface area contributed by atoms with Gasteiger partial charge in [-0.1, -0.05) is 18.5 Å². The number of nitrogens with zero attached hydrogens (tertiary/aromatic N) is 3. The number of pyridine rings is 1. The molecule has 0 bridgehead atoms. The molecule has 6 heteroatoms. The molecule has 1 rings (SSSR count). The fourth-order valence-electron chi connectivity index (χ4n) is 1.72. The Hall–Kier alpha value is -1.82. The molecule has 0 aliphatic heterocycles. The van der Waals surface area contributed by atoms with E-state index < -0.39 is 0 Å². The zero-order valence-electron chi connectivity index (χ0n) is 10.6. The lowest BCUT2D eigenvalue weighted by atomic mass is 10.2. The topological polar surface area (TPSA) is 95.0 Å². The number of aliphatic hydroxyl groups excluding tert-OH is 1. The van der Waals surface area contributed by atoms with Crippen LogP contribution < -0.4 is 10.6 Å². The van der Waals surface area contributed by atoms with Crippen molar-refractivity contribution in [3.8, 4) is 0 Å². The molecule has 1 aromatic heterocycles. The summed E-state index contributed by atoms with van der Waals surface area (Å²) >= 11 is 0. The fourth-order valence-corrected chi connectivity index (χ4v) is 1.72. The van der Waals surface area contributed by atoms with Crippen molar-refractivity contribution < 1.29 is 10.3 Å². The molecule has 1 aromatic rings. The van der Waals surface area contributed by atoms with E-state index in [-0.39, 0.29) is 12.4 Å². The van der Waals surface area contributed by atoms with Gasteiger partial charge >= 0.3 is 0 Å². The number of aliphatic hydroxyl groups is 1. The van der Waals surface area contributed by atoms with Crippen LogP contribution in [0.25, 0.3) is 0 Å². The van der Waals surface area contributed by atoms with Crippen molar-refractivity contribution in [3.63, 3.8) is 0 Å². The van der Waals surface area contributed by atoms with E-state index in [1.54, 1.807) is 12.3 Å². The number of amidine groups is 1. The van der Waals surface area contributed by atoms with Crippen molar-refractivity contribution in [2.24, 2.45) is 10.9 Å². The van der Waals surface area contributed by atoms with Gasteiger partial charge in [-0.3, -0.25) is 4.98 Å². The van der Waals surface area contributed by atoms with Crippen LogP contribution in [0.2, 0.25) is 0 Å². The molecule has 0 unspecified atom stereocenters. The van der Waals surface area contributed by atoms with E-state index in [9.17, 15) is 0 Å². The monoisotopic (exact) mass is 252 g/mol. The normalized spacial score (nSPS) is 11.6. The molecular formula is C12H20N4O2. The second kappa shape index (κ2) is 7.50. The van der Waals surface area contributed by atoms with Crippen molar-refractivity contribution in [2.45, 2.75) is 19.8 Å². The SMILES string of the molecule is CCCCN(CCO)c1cccnc1/C(N)=N/O. The number of nitrogens with two attached hydrogens (primary N) is 1. The van der Waals surface area contributed by atoms with Crippen LogP contribution in [0.1, 0.15) is 25.5 Å². The van der Waals surface area contributed by atoms with Crippen LogP contribution >= 0.6 is 0 Å². The molecule has 6 nitrogen and oxygen atoms in total. The number of rotatable bonds is 7. The Bertz CT molecular complexity index is 395. The maximum Gasteiger partial charge on any atom is 0.190 e. The number of aromatic nitrogens is 1. The Balaban J connectivity index is 3.02. The van der Waals surface area contributed by atoms with Crippen molar-refractivity contribution in [1.29, 1.82) is 0 Å². The zero-order valence-corrected chi connectivity index (χ0v) is 10.6. The number of unbranched alkanes of at least 4 members (excludes halogenated alkanes) is 1. The minimum absolute atomic E-state index is 0.0231. The van der Waals surface area contributed by atoms with Crippen molar-refractivity contribution in [3.05, 3.63) is 24.0 Å². The molecule has 0 atom stereocenters. The average Bonchev–Trinajstić information content (AvgIpc) is 2.42. The highest BCUT2D eigenvalue weighted by Gasteiger charge is 2.14. The zero-order chi connectivity index (χ0) is 13.4. The molecule has 0 fully saturated rings. The summed E-state index contributed by atoms with van der Waals surface area (Å²) in [5.74, 6) is -0.0231. The van der Waals surface area contributed by atoms with Gasteiger partial charge < -0.3 is 20.9 Å². The first-order valence-corrected chi connectivity index (χ1v) is 6.03. The quantitative estimate of drug-likeness (QED) is 0.288. The van der Waals surface area contributed by atoms with E-state index in [1.807, 2.05) is 11.0 Å². The van der Waals surface area contributed by atoms with Crippen molar-refractivity contribution in [1.82, 2.24) is 4.98 Å². The summed E-state index contributed by atoms with van der Waals surface area (Å²) in [5, 5.41) is 20.9. The minimum atomic E-state index is -0.0231. The third-order valence-electron chi connectivity index (χ3n) is 2.63. The third kappa shape index (κ3) is 3.59. The van der Waals surface area contributed by atoms with Gasteiger partial charge in [0.25, 0.3) is 0 Å². The summed E-state index contributed by atoms with van der Waals surface area (Å²) in [6, 6.07) is 3.64. The lowest BCUT2D eigenvalue weighted by Crippen LogP contribution is -2.31. The summed E-state index contributed by atoms with van der Waals surface area (Å²) in [4.78, 5) is 6.11. The summed E-state index contributed by atoms with van der Waals surface area (Å²) in [6.45, 7) is 3.45. The molecule has 0 aliphatic carbocycles. The predicted octanol–water partition coefficient (Wildman–Crippen LogP) is 0.775. The Kier molecular flexibility index (Phi) is 5.93. The van der Waals surface area contributed by atoms with Crippen molar-refractivity contribution in [2.75, 3.05) is 24.6 Å². The molecule has 1 heterocycles. The van der Waals surface area contributed by atoms with Crippen LogP contribution in [0.5, 0.6) is 0 Å². The molecule has 18 heavy (non-hydrogen) atoms. The van der Waals surface area contributed by atoms with E-state index in [1.165, 1.54) is 0 Å². The maximum atomic E-state index is 9.11. The van der Waals surface area contributed by atoms with E-state index >= 15 is 0 Å². The first kappa shape index (κ1) is 14.2. The van der Waals surface area contributed by atoms with Crippen LogP contribution in [0.4, 0.5) is 5.69 Å². The van der Waals surface area contributed by atoms with Crippen LogP contribution in [0.3, 0.4) is 0 Å². The standard InChI is InChI=1S/C12H20N4O2/c1-2-3-7-16(8-9-17)10-5-4-6-14-11(10)12(13)15-18/h4-6,17-18H,2-3,7-9H2,1H3,(H2,13,15). The molecule has 0 saturated heterocycles. The summed E-state index contributed by atoms with van der Waals surface area (Å²) < 4.78 is 0. The average molecular weight is 252 g/mol. The Labute approximate surface area is 107 Å². The highest BCUT2D eigenvalue weighted by atomic mass is 16.4. The molecule has 0 saturated carbocycles. The van der Waals surface area contributed by atoms with Crippen LogP contribution in [-0.2, 0) is 0 Å². The Morgan fingerprint density at radius 2 is 2.28 bits per heavy atom. The van der Waals surface area contributed by atoms with E-state index in [0.29, 0.717) is 12.2 Å². The highest BCUT2D eigenvalue weighted by molar-refractivity contribution is 6.00. The molecule has 0 amide bonds.